The summed E-state index contributed by atoms with van der Waals surface area (Å²) in [5.74, 6) is 2.73. The van der Waals surface area contributed by atoms with Crippen molar-refractivity contribution < 1.29 is 4.52 Å². The monoisotopic (exact) mass is 223 g/mol. The highest BCUT2D eigenvalue weighted by Crippen LogP contribution is 2.57. The van der Waals surface area contributed by atoms with E-state index in [4.69, 9.17) is 4.52 Å². The van der Waals surface area contributed by atoms with E-state index < -0.39 is 0 Å². The molecule has 1 N–H and O–H groups in total. The van der Waals surface area contributed by atoms with Gasteiger partial charge in [0.25, 0.3) is 0 Å². The summed E-state index contributed by atoms with van der Waals surface area (Å²) in [5, 5.41) is 7.34. The third kappa shape index (κ3) is 2.61. The van der Waals surface area contributed by atoms with E-state index in [9.17, 15) is 0 Å². The Balaban J connectivity index is 1.84. The predicted molar refractivity (Wildman–Crippen MR) is 62.0 cm³/mol. The van der Waals surface area contributed by atoms with Crippen LogP contribution in [0.5, 0.6) is 0 Å². The smallest absolute Gasteiger partial charge is 0.240 e. The molecular formula is C12H21N3O. The van der Waals surface area contributed by atoms with Gasteiger partial charge in [0.2, 0.25) is 5.89 Å². The SMILES string of the molecule is CC(C)CNCc1nc(C2CC2(C)C)no1. The summed E-state index contributed by atoms with van der Waals surface area (Å²) in [5.41, 5.74) is 0.368. The molecule has 0 bridgehead atoms. The van der Waals surface area contributed by atoms with Gasteiger partial charge >= 0.3 is 0 Å². The minimum absolute atomic E-state index is 0.368. The lowest BCUT2D eigenvalue weighted by molar-refractivity contribution is 0.358. The van der Waals surface area contributed by atoms with Crippen molar-refractivity contribution in [1.29, 1.82) is 0 Å². The molecule has 2 rings (SSSR count). The summed E-state index contributed by atoms with van der Waals surface area (Å²) in [6.07, 6.45) is 1.17. The molecular weight excluding hydrogens is 202 g/mol. The zero-order valence-electron chi connectivity index (χ0n) is 10.6. The topological polar surface area (TPSA) is 51.0 Å². The molecule has 0 aliphatic heterocycles. The van der Waals surface area contributed by atoms with Crippen LogP contribution >= 0.6 is 0 Å². The fourth-order valence-corrected chi connectivity index (χ4v) is 1.86. The van der Waals surface area contributed by atoms with E-state index in [1.165, 1.54) is 6.42 Å². The van der Waals surface area contributed by atoms with Crippen LogP contribution in [0, 0.1) is 11.3 Å². The summed E-state index contributed by atoms with van der Waals surface area (Å²) < 4.78 is 5.22. The van der Waals surface area contributed by atoms with Crippen LogP contribution in [0.4, 0.5) is 0 Å². The number of hydrogen-bond acceptors (Lipinski definition) is 4. The minimum atomic E-state index is 0.368. The van der Waals surface area contributed by atoms with Gasteiger partial charge in [-0.15, -0.1) is 0 Å². The minimum Gasteiger partial charge on any atom is -0.338 e. The average Bonchev–Trinajstić information content (AvgIpc) is 2.60. The molecule has 1 aliphatic carbocycles. The molecule has 1 fully saturated rings. The van der Waals surface area contributed by atoms with E-state index in [-0.39, 0.29) is 0 Å². The van der Waals surface area contributed by atoms with E-state index in [1.807, 2.05) is 0 Å². The number of nitrogens with one attached hydrogen (secondary N) is 1. The fourth-order valence-electron chi connectivity index (χ4n) is 1.86. The standard InChI is InChI=1S/C12H21N3O/c1-8(2)6-13-7-10-14-11(15-16-10)9-5-12(9,3)4/h8-9,13H,5-7H2,1-4H3. The molecule has 1 saturated carbocycles. The van der Waals surface area contributed by atoms with Crippen LogP contribution in [0.2, 0.25) is 0 Å². The van der Waals surface area contributed by atoms with Gasteiger partial charge in [0, 0.05) is 5.92 Å². The molecule has 1 aromatic heterocycles. The average molecular weight is 223 g/mol. The highest BCUT2D eigenvalue weighted by Gasteiger charge is 2.49. The lowest BCUT2D eigenvalue weighted by atomic mass is 10.1. The summed E-state index contributed by atoms with van der Waals surface area (Å²) in [6.45, 7) is 10.5. The van der Waals surface area contributed by atoms with Gasteiger partial charge < -0.3 is 9.84 Å². The zero-order chi connectivity index (χ0) is 11.8. The summed E-state index contributed by atoms with van der Waals surface area (Å²) in [6, 6.07) is 0. The normalized spacial score (nSPS) is 22.7. The molecule has 0 radical (unpaired) electrons. The summed E-state index contributed by atoms with van der Waals surface area (Å²) in [4.78, 5) is 4.42. The number of rotatable bonds is 5. The maximum Gasteiger partial charge on any atom is 0.240 e. The Morgan fingerprint density at radius 1 is 1.50 bits per heavy atom. The van der Waals surface area contributed by atoms with Crippen molar-refractivity contribution >= 4 is 0 Å². The lowest BCUT2D eigenvalue weighted by Crippen LogP contribution is -2.19. The molecule has 1 aromatic rings. The molecule has 0 spiro atoms. The Morgan fingerprint density at radius 3 is 2.75 bits per heavy atom. The van der Waals surface area contributed by atoms with Crippen molar-refractivity contribution in [3.8, 4) is 0 Å². The third-order valence-electron chi connectivity index (χ3n) is 3.14. The lowest BCUT2D eigenvalue weighted by Gasteiger charge is -2.03. The van der Waals surface area contributed by atoms with Gasteiger partial charge in [0.1, 0.15) is 0 Å². The van der Waals surface area contributed by atoms with Crippen LogP contribution in [0.1, 0.15) is 51.7 Å². The largest absolute Gasteiger partial charge is 0.338 e. The predicted octanol–water partition coefficient (Wildman–Crippen LogP) is 2.33. The second kappa shape index (κ2) is 4.17. The Kier molecular flexibility index (Phi) is 3.02. The van der Waals surface area contributed by atoms with Gasteiger partial charge in [-0.05, 0) is 24.3 Å². The van der Waals surface area contributed by atoms with E-state index in [0.29, 0.717) is 29.7 Å². The van der Waals surface area contributed by atoms with E-state index in [2.05, 4.69) is 43.2 Å². The van der Waals surface area contributed by atoms with Crippen molar-refractivity contribution in [1.82, 2.24) is 15.5 Å². The molecule has 90 valence electrons. The van der Waals surface area contributed by atoms with Crippen molar-refractivity contribution in [2.75, 3.05) is 6.54 Å². The Morgan fingerprint density at radius 2 is 2.19 bits per heavy atom. The van der Waals surface area contributed by atoms with Crippen LogP contribution < -0.4 is 5.32 Å². The van der Waals surface area contributed by atoms with Crippen molar-refractivity contribution in [3.63, 3.8) is 0 Å². The Bertz CT molecular complexity index is 357. The number of nitrogens with zero attached hydrogens (tertiary/aromatic N) is 2. The van der Waals surface area contributed by atoms with Gasteiger partial charge in [-0.1, -0.05) is 32.9 Å². The molecule has 0 aromatic carbocycles. The molecule has 0 saturated heterocycles. The maximum atomic E-state index is 5.22. The van der Waals surface area contributed by atoms with Crippen LogP contribution in [0.25, 0.3) is 0 Å². The van der Waals surface area contributed by atoms with Crippen molar-refractivity contribution in [2.24, 2.45) is 11.3 Å². The van der Waals surface area contributed by atoms with Crippen molar-refractivity contribution in [3.05, 3.63) is 11.7 Å². The van der Waals surface area contributed by atoms with Crippen LogP contribution in [-0.4, -0.2) is 16.7 Å². The Labute approximate surface area is 96.8 Å². The number of hydrogen-bond donors (Lipinski definition) is 1. The first-order chi connectivity index (χ1) is 7.49. The molecule has 16 heavy (non-hydrogen) atoms. The van der Waals surface area contributed by atoms with Gasteiger partial charge in [-0.3, -0.25) is 0 Å². The maximum absolute atomic E-state index is 5.22. The van der Waals surface area contributed by atoms with Crippen LogP contribution in [-0.2, 0) is 6.54 Å². The quantitative estimate of drug-likeness (QED) is 0.832. The molecule has 1 unspecified atom stereocenters. The first kappa shape index (κ1) is 11.6. The molecule has 4 nitrogen and oxygen atoms in total. The van der Waals surface area contributed by atoms with Gasteiger partial charge in [-0.2, -0.15) is 4.98 Å². The van der Waals surface area contributed by atoms with E-state index in [1.54, 1.807) is 0 Å². The molecule has 0 amide bonds. The molecule has 1 atom stereocenters. The van der Waals surface area contributed by atoms with Crippen LogP contribution in [0.3, 0.4) is 0 Å². The second-order valence-electron chi connectivity index (χ2n) is 5.82. The molecule has 1 heterocycles. The first-order valence-corrected chi connectivity index (χ1v) is 6.02. The summed E-state index contributed by atoms with van der Waals surface area (Å²) in [7, 11) is 0. The highest BCUT2D eigenvalue weighted by molar-refractivity contribution is 5.14. The second-order valence-corrected chi connectivity index (χ2v) is 5.82. The first-order valence-electron chi connectivity index (χ1n) is 6.02. The Hall–Kier alpha value is -0.900. The van der Waals surface area contributed by atoms with E-state index >= 15 is 0 Å². The molecule has 1 aliphatic rings. The molecule has 4 heteroatoms. The highest BCUT2D eigenvalue weighted by atomic mass is 16.5. The van der Waals surface area contributed by atoms with Crippen LogP contribution in [0.15, 0.2) is 4.52 Å². The zero-order valence-corrected chi connectivity index (χ0v) is 10.6. The number of aromatic nitrogens is 2. The third-order valence-corrected chi connectivity index (χ3v) is 3.14. The van der Waals surface area contributed by atoms with Gasteiger partial charge in [-0.25, -0.2) is 0 Å². The van der Waals surface area contributed by atoms with Gasteiger partial charge in [0.15, 0.2) is 5.82 Å². The van der Waals surface area contributed by atoms with Gasteiger partial charge in [0.05, 0.1) is 6.54 Å². The van der Waals surface area contributed by atoms with E-state index in [0.717, 1.165) is 12.4 Å². The fraction of sp³-hybridized carbons (Fsp3) is 0.833. The summed E-state index contributed by atoms with van der Waals surface area (Å²) >= 11 is 0. The van der Waals surface area contributed by atoms with Crippen molar-refractivity contribution in [2.45, 2.75) is 46.6 Å².